The van der Waals surface area contributed by atoms with Crippen LogP contribution in [-0.4, -0.2) is 49.1 Å². The molecular formula is C27H56N2. The fourth-order valence-corrected chi connectivity index (χ4v) is 4.96. The maximum absolute atomic E-state index is 2.69. The molecule has 174 valence electrons. The molecule has 2 heterocycles. The third kappa shape index (κ3) is 11.2. The van der Waals surface area contributed by atoms with Gasteiger partial charge in [-0.1, -0.05) is 62.3 Å². The van der Waals surface area contributed by atoms with Gasteiger partial charge in [-0.2, -0.15) is 0 Å². The van der Waals surface area contributed by atoms with Crippen LogP contribution in [0.3, 0.4) is 0 Å². The van der Waals surface area contributed by atoms with Gasteiger partial charge in [0.2, 0.25) is 0 Å². The van der Waals surface area contributed by atoms with Crippen LogP contribution >= 0.6 is 0 Å². The van der Waals surface area contributed by atoms with Crippen molar-refractivity contribution < 1.29 is 0 Å². The van der Waals surface area contributed by atoms with Gasteiger partial charge in [-0.15, -0.1) is 0 Å². The Morgan fingerprint density at radius 3 is 1.72 bits per heavy atom. The summed E-state index contributed by atoms with van der Waals surface area (Å²) in [5, 5.41) is 0. The summed E-state index contributed by atoms with van der Waals surface area (Å²) >= 11 is 0. The van der Waals surface area contributed by atoms with E-state index in [9.17, 15) is 0 Å². The fraction of sp³-hybridized carbons (Fsp3) is 1.00. The molecule has 2 heteroatoms. The Kier molecular flexibility index (Phi) is 13.1. The molecule has 0 spiro atoms. The smallest absolute Gasteiger partial charge is 0.00147 e. The van der Waals surface area contributed by atoms with Gasteiger partial charge in [-0.25, -0.2) is 0 Å². The van der Waals surface area contributed by atoms with E-state index in [0.717, 1.165) is 41.4 Å². The molecule has 0 N–H and O–H groups in total. The summed E-state index contributed by atoms with van der Waals surface area (Å²) in [6, 6.07) is 0. The first-order valence-corrected chi connectivity index (χ1v) is 13.0. The molecule has 0 saturated carbocycles. The first kappa shape index (κ1) is 27.0. The second-order valence-electron chi connectivity index (χ2n) is 11.8. The average Bonchev–Trinajstić information content (AvgIpc) is 2.66. The van der Waals surface area contributed by atoms with E-state index in [0.29, 0.717) is 0 Å². The summed E-state index contributed by atoms with van der Waals surface area (Å²) in [6.45, 7) is 29.2. The summed E-state index contributed by atoms with van der Waals surface area (Å²) in [5.74, 6) is 6.23. The number of nitrogens with zero attached hydrogens (tertiary/aromatic N) is 2. The molecule has 0 aromatic heterocycles. The molecule has 0 bridgehead atoms. The molecule has 2 nitrogen and oxygen atoms in total. The Labute approximate surface area is 185 Å². The highest BCUT2D eigenvalue weighted by Crippen LogP contribution is 2.29. The van der Waals surface area contributed by atoms with E-state index >= 15 is 0 Å². The quantitative estimate of drug-likeness (QED) is 0.424. The molecule has 0 aromatic rings. The van der Waals surface area contributed by atoms with Crippen molar-refractivity contribution in [2.75, 3.05) is 39.3 Å². The second-order valence-corrected chi connectivity index (χ2v) is 11.8. The number of hydrogen-bond donors (Lipinski definition) is 0. The van der Waals surface area contributed by atoms with Crippen LogP contribution in [0.15, 0.2) is 0 Å². The lowest BCUT2D eigenvalue weighted by molar-refractivity contribution is 0.0943. The van der Waals surface area contributed by atoms with Crippen LogP contribution in [0.5, 0.6) is 0 Å². The first-order chi connectivity index (χ1) is 13.6. The molecular weight excluding hydrogens is 352 g/mol. The van der Waals surface area contributed by atoms with E-state index in [1.807, 2.05) is 0 Å². The summed E-state index contributed by atoms with van der Waals surface area (Å²) in [4.78, 5) is 5.36. The van der Waals surface area contributed by atoms with Gasteiger partial charge in [-0.05, 0) is 99.7 Å². The van der Waals surface area contributed by atoms with Crippen molar-refractivity contribution in [3.8, 4) is 0 Å². The molecule has 3 atom stereocenters. The van der Waals surface area contributed by atoms with E-state index in [4.69, 9.17) is 0 Å². The average molecular weight is 409 g/mol. The van der Waals surface area contributed by atoms with Crippen molar-refractivity contribution in [1.29, 1.82) is 0 Å². The van der Waals surface area contributed by atoms with Crippen LogP contribution < -0.4 is 0 Å². The monoisotopic (exact) mass is 408 g/mol. The van der Waals surface area contributed by atoms with Gasteiger partial charge in [0.15, 0.2) is 0 Å². The lowest BCUT2D eigenvalue weighted by Crippen LogP contribution is -2.42. The van der Waals surface area contributed by atoms with Crippen molar-refractivity contribution in [3.05, 3.63) is 0 Å². The zero-order valence-corrected chi connectivity index (χ0v) is 21.7. The molecule has 2 rings (SSSR count). The standard InChI is InChI=1S/C14H29N.C13H27N/c1-11(2)6-8-15-9-7-13(5)14(10-15)12(3)4;1-11(2)7-9-14-8-5-6-13(10-14)12(3)4/h11-14H,6-10H2,1-5H3;11-13H,5-10H2,1-4H3/t13-,14?;/m0./s1. The third-order valence-electron chi connectivity index (χ3n) is 7.49. The van der Waals surface area contributed by atoms with Crippen molar-refractivity contribution in [2.45, 2.75) is 94.4 Å². The van der Waals surface area contributed by atoms with Crippen LogP contribution in [-0.2, 0) is 0 Å². The number of piperidine rings is 2. The third-order valence-corrected chi connectivity index (χ3v) is 7.49. The number of rotatable bonds is 8. The zero-order valence-electron chi connectivity index (χ0n) is 21.7. The van der Waals surface area contributed by atoms with E-state index in [1.54, 1.807) is 0 Å². The Morgan fingerprint density at radius 2 is 1.24 bits per heavy atom. The predicted octanol–water partition coefficient (Wildman–Crippen LogP) is 7.05. The minimum atomic E-state index is 0.849. The highest BCUT2D eigenvalue weighted by molar-refractivity contribution is 4.80. The van der Waals surface area contributed by atoms with E-state index < -0.39 is 0 Å². The van der Waals surface area contributed by atoms with Crippen molar-refractivity contribution >= 4 is 0 Å². The molecule has 0 amide bonds. The maximum atomic E-state index is 2.69. The summed E-state index contributed by atoms with van der Waals surface area (Å²) < 4.78 is 0. The summed E-state index contributed by atoms with van der Waals surface area (Å²) in [6.07, 6.45) is 7.00. The van der Waals surface area contributed by atoms with Gasteiger partial charge in [-0.3, -0.25) is 0 Å². The Balaban J connectivity index is 0.000000291. The highest BCUT2D eigenvalue weighted by Gasteiger charge is 2.28. The van der Waals surface area contributed by atoms with Gasteiger partial charge in [0, 0.05) is 13.1 Å². The van der Waals surface area contributed by atoms with Crippen LogP contribution in [0.25, 0.3) is 0 Å². The van der Waals surface area contributed by atoms with Gasteiger partial charge in [0.05, 0.1) is 0 Å². The first-order valence-electron chi connectivity index (χ1n) is 13.0. The molecule has 2 aliphatic rings. The van der Waals surface area contributed by atoms with Gasteiger partial charge >= 0.3 is 0 Å². The van der Waals surface area contributed by atoms with Gasteiger partial charge < -0.3 is 9.80 Å². The van der Waals surface area contributed by atoms with E-state index in [-0.39, 0.29) is 0 Å². The Hall–Kier alpha value is -0.0800. The largest absolute Gasteiger partial charge is 0.303 e. The number of hydrogen-bond acceptors (Lipinski definition) is 2. The summed E-state index contributed by atoms with van der Waals surface area (Å²) in [5.41, 5.74) is 0. The molecule has 2 unspecified atom stereocenters. The summed E-state index contributed by atoms with van der Waals surface area (Å²) in [7, 11) is 0. The molecule has 0 aromatic carbocycles. The van der Waals surface area contributed by atoms with Crippen LogP contribution in [0.1, 0.15) is 94.4 Å². The van der Waals surface area contributed by atoms with Crippen molar-refractivity contribution in [1.82, 2.24) is 9.80 Å². The van der Waals surface area contributed by atoms with Crippen LogP contribution in [0.2, 0.25) is 0 Å². The molecule has 2 aliphatic heterocycles. The van der Waals surface area contributed by atoms with Gasteiger partial charge in [0.1, 0.15) is 0 Å². The maximum Gasteiger partial charge on any atom is 0.00147 e. The highest BCUT2D eigenvalue weighted by atomic mass is 15.1. The lowest BCUT2D eigenvalue weighted by atomic mass is 9.79. The fourth-order valence-electron chi connectivity index (χ4n) is 4.96. The lowest BCUT2D eigenvalue weighted by Gasteiger charge is -2.39. The second kappa shape index (κ2) is 14.1. The molecule has 0 radical (unpaired) electrons. The molecule has 29 heavy (non-hydrogen) atoms. The molecule has 0 aliphatic carbocycles. The Morgan fingerprint density at radius 1 is 0.690 bits per heavy atom. The minimum Gasteiger partial charge on any atom is -0.303 e. The predicted molar refractivity (Wildman–Crippen MR) is 131 cm³/mol. The zero-order chi connectivity index (χ0) is 22.0. The van der Waals surface area contributed by atoms with Crippen LogP contribution in [0, 0.1) is 41.4 Å². The van der Waals surface area contributed by atoms with Crippen molar-refractivity contribution in [2.24, 2.45) is 41.4 Å². The normalized spacial score (nSPS) is 27.0. The van der Waals surface area contributed by atoms with E-state index in [1.165, 1.54) is 71.4 Å². The topological polar surface area (TPSA) is 6.48 Å². The number of likely N-dealkylation sites (tertiary alicyclic amines) is 2. The van der Waals surface area contributed by atoms with Crippen LogP contribution in [0.4, 0.5) is 0 Å². The van der Waals surface area contributed by atoms with Crippen molar-refractivity contribution in [3.63, 3.8) is 0 Å². The molecule has 2 fully saturated rings. The molecule has 2 saturated heterocycles. The Bertz CT molecular complexity index is 401. The van der Waals surface area contributed by atoms with E-state index in [2.05, 4.69) is 72.1 Å². The SMILES string of the molecule is CC(C)CCN1CCCC(C(C)C)C1.CC(C)CCN1CC[C@H](C)C(C(C)C)C1. The van der Waals surface area contributed by atoms with Gasteiger partial charge in [0.25, 0.3) is 0 Å². The minimum absolute atomic E-state index is 0.849.